The first-order chi connectivity index (χ1) is 13.3. The molecular formula is C19H25ClN2O6. The molecule has 0 saturated heterocycles. The monoisotopic (exact) mass is 412 g/mol. The van der Waals surface area contributed by atoms with Gasteiger partial charge in [-0.3, -0.25) is 10.1 Å². The summed E-state index contributed by atoms with van der Waals surface area (Å²) >= 11 is 6.07. The number of rotatable bonds is 6. The summed E-state index contributed by atoms with van der Waals surface area (Å²) in [5, 5.41) is 5.13. The van der Waals surface area contributed by atoms with Crippen molar-refractivity contribution in [1.82, 2.24) is 10.6 Å². The van der Waals surface area contributed by atoms with E-state index in [1.165, 1.54) is 33.3 Å². The molecule has 0 heterocycles. The Kier molecular flexibility index (Phi) is 7.92. The molecule has 0 aliphatic heterocycles. The van der Waals surface area contributed by atoms with E-state index >= 15 is 0 Å². The van der Waals surface area contributed by atoms with Crippen LogP contribution in [-0.2, 0) is 9.53 Å². The Hall–Kier alpha value is -2.48. The maximum Gasteiger partial charge on any atom is 0.339 e. The van der Waals surface area contributed by atoms with Crippen LogP contribution < -0.4 is 20.1 Å². The van der Waals surface area contributed by atoms with E-state index in [0.717, 1.165) is 32.1 Å². The quantitative estimate of drug-likeness (QED) is 0.696. The number of benzene rings is 1. The van der Waals surface area contributed by atoms with Crippen molar-refractivity contribution in [2.24, 2.45) is 0 Å². The van der Waals surface area contributed by atoms with Crippen molar-refractivity contribution in [3.8, 4) is 11.5 Å². The van der Waals surface area contributed by atoms with Crippen LogP contribution in [0.2, 0.25) is 5.02 Å². The maximum atomic E-state index is 12.3. The Morgan fingerprint density at radius 3 is 2.39 bits per heavy atom. The lowest BCUT2D eigenvalue weighted by atomic mass is 9.96. The minimum atomic E-state index is -1.17. The van der Waals surface area contributed by atoms with Crippen LogP contribution in [0.4, 0.5) is 4.79 Å². The van der Waals surface area contributed by atoms with Crippen molar-refractivity contribution < 1.29 is 28.6 Å². The molecule has 0 spiro atoms. The Bertz CT molecular complexity index is 733. The van der Waals surface area contributed by atoms with Crippen LogP contribution in [0.5, 0.6) is 11.5 Å². The molecule has 0 radical (unpaired) electrons. The number of hydrogen-bond donors (Lipinski definition) is 2. The van der Waals surface area contributed by atoms with E-state index in [9.17, 15) is 14.4 Å². The van der Waals surface area contributed by atoms with E-state index in [2.05, 4.69) is 10.6 Å². The van der Waals surface area contributed by atoms with Gasteiger partial charge >= 0.3 is 12.0 Å². The van der Waals surface area contributed by atoms with Gasteiger partial charge in [0.05, 0.1) is 24.8 Å². The normalized spacial score (nSPS) is 15.3. The molecule has 1 aromatic carbocycles. The van der Waals surface area contributed by atoms with Crippen molar-refractivity contribution in [3.05, 3.63) is 22.7 Å². The van der Waals surface area contributed by atoms with Crippen molar-refractivity contribution in [2.75, 3.05) is 14.2 Å². The standard InChI is InChI=1S/C19H25ClN2O6/c1-11(17(23)22-19(25)21-13-7-5-4-6-8-13)28-18(24)12-9-14(20)16(27-3)15(10-12)26-2/h9-11,13H,4-8H2,1-3H3,(H2,21,22,23,25)/t11-/m0/s1. The van der Waals surface area contributed by atoms with Gasteiger partial charge in [0.2, 0.25) is 0 Å². The molecule has 0 aromatic heterocycles. The van der Waals surface area contributed by atoms with E-state index in [4.69, 9.17) is 25.8 Å². The van der Waals surface area contributed by atoms with Crippen molar-refractivity contribution in [1.29, 1.82) is 0 Å². The van der Waals surface area contributed by atoms with Gasteiger partial charge in [0.15, 0.2) is 17.6 Å². The zero-order chi connectivity index (χ0) is 20.7. The predicted molar refractivity (Wildman–Crippen MR) is 103 cm³/mol. The predicted octanol–water partition coefficient (Wildman–Crippen LogP) is 3.06. The number of urea groups is 1. The number of nitrogens with one attached hydrogen (secondary N) is 2. The van der Waals surface area contributed by atoms with Gasteiger partial charge in [0.1, 0.15) is 0 Å². The zero-order valence-corrected chi connectivity index (χ0v) is 16.9. The van der Waals surface area contributed by atoms with Crippen molar-refractivity contribution in [3.63, 3.8) is 0 Å². The molecule has 1 aromatic rings. The molecule has 8 nitrogen and oxygen atoms in total. The van der Waals surface area contributed by atoms with Gasteiger partial charge < -0.3 is 19.5 Å². The highest BCUT2D eigenvalue weighted by Gasteiger charge is 2.24. The second-order valence-electron chi connectivity index (χ2n) is 6.54. The molecular weight excluding hydrogens is 388 g/mol. The topological polar surface area (TPSA) is 103 Å². The van der Waals surface area contributed by atoms with Crippen LogP contribution in [0.25, 0.3) is 0 Å². The molecule has 9 heteroatoms. The fourth-order valence-electron chi connectivity index (χ4n) is 3.00. The van der Waals surface area contributed by atoms with Gasteiger partial charge in [-0.15, -0.1) is 0 Å². The third kappa shape index (κ3) is 5.76. The number of ether oxygens (including phenoxy) is 3. The Morgan fingerprint density at radius 2 is 1.79 bits per heavy atom. The molecule has 1 saturated carbocycles. The molecule has 2 rings (SSSR count). The smallest absolute Gasteiger partial charge is 0.339 e. The lowest BCUT2D eigenvalue weighted by molar-refractivity contribution is -0.127. The fraction of sp³-hybridized carbons (Fsp3) is 0.526. The molecule has 1 atom stereocenters. The minimum absolute atomic E-state index is 0.0633. The average Bonchev–Trinajstić information content (AvgIpc) is 2.67. The molecule has 2 N–H and O–H groups in total. The van der Waals surface area contributed by atoms with Crippen LogP contribution in [0.15, 0.2) is 12.1 Å². The number of imide groups is 1. The van der Waals surface area contributed by atoms with Gasteiger partial charge in [-0.2, -0.15) is 0 Å². The first-order valence-corrected chi connectivity index (χ1v) is 9.47. The molecule has 0 bridgehead atoms. The Morgan fingerprint density at radius 1 is 1.11 bits per heavy atom. The molecule has 28 heavy (non-hydrogen) atoms. The highest BCUT2D eigenvalue weighted by Crippen LogP contribution is 2.36. The highest BCUT2D eigenvalue weighted by molar-refractivity contribution is 6.32. The summed E-state index contributed by atoms with van der Waals surface area (Å²) in [5.41, 5.74) is 0.0916. The number of hydrogen-bond acceptors (Lipinski definition) is 6. The first-order valence-electron chi connectivity index (χ1n) is 9.09. The Labute approximate surface area is 168 Å². The van der Waals surface area contributed by atoms with Gasteiger partial charge in [-0.1, -0.05) is 30.9 Å². The third-order valence-corrected chi connectivity index (χ3v) is 4.78. The van der Waals surface area contributed by atoms with Crippen LogP contribution in [-0.4, -0.2) is 44.3 Å². The summed E-state index contributed by atoms with van der Waals surface area (Å²) in [5.74, 6) is -0.955. The van der Waals surface area contributed by atoms with Gasteiger partial charge in [-0.25, -0.2) is 9.59 Å². The molecule has 1 aliphatic rings. The number of methoxy groups -OCH3 is 2. The molecule has 0 unspecified atom stereocenters. The lowest BCUT2D eigenvalue weighted by Crippen LogP contribution is -2.48. The van der Waals surface area contributed by atoms with Crippen molar-refractivity contribution in [2.45, 2.75) is 51.2 Å². The second-order valence-corrected chi connectivity index (χ2v) is 6.95. The highest BCUT2D eigenvalue weighted by atomic mass is 35.5. The minimum Gasteiger partial charge on any atom is -0.493 e. The Balaban J connectivity index is 1.93. The summed E-state index contributed by atoms with van der Waals surface area (Å²) in [6.07, 6.45) is 3.89. The summed E-state index contributed by atoms with van der Waals surface area (Å²) in [7, 11) is 2.83. The van der Waals surface area contributed by atoms with Gasteiger partial charge in [0.25, 0.3) is 5.91 Å². The number of amides is 3. The molecule has 1 aliphatic carbocycles. The van der Waals surface area contributed by atoms with Crippen LogP contribution in [0.1, 0.15) is 49.4 Å². The van der Waals surface area contributed by atoms with E-state index in [0.29, 0.717) is 0 Å². The largest absolute Gasteiger partial charge is 0.493 e. The first kappa shape index (κ1) is 21.8. The van der Waals surface area contributed by atoms with E-state index in [1.54, 1.807) is 0 Å². The fourth-order valence-corrected chi connectivity index (χ4v) is 3.29. The van der Waals surface area contributed by atoms with E-state index in [-0.39, 0.29) is 28.1 Å². The summed E-state index contributed by atoms with van der Waals surface area (Å²) in [4.78, 5) is 36.4. The third-order valence-electron chi connectivity index (χ3n) is 4.50. The number of esters is 1. The zero-order valence-electron chi connectivity index (χ0n) is 16.2. The van der Waals surface area contributed by atoms with E-state index in [1.807, 2.05) is 0 Å². The lowest BCUT2D eigenvalue weighted by Gasteiger charge is -2.23. The molecule has 3 amide bonds. The number of carbonyl (C=O) groups is 3. The molecule has 154 valence electrons. The van der Waals surface area contributed by atoms with Crippen LogP contribution in [0.3, 0.4) is 0 Å². The number of carbonyl (C=O) groups excluding carboxylic acids is 3. The van der Waals surface area contributed by atoms with E-state index < -0.39 is 24.0 Å². The SMILES string of the molecule is COc1cc(C(=O)O[C@@H](C)C(=O)NC(=O)NC2CCCCC2)cc(Cl)c1OC. The van der Waals surface area contributed by atoms with Crippen LogP contribution in [0, 0.1) is 0 Å². The molecule has 1 fully saturated rings. The summed E-state index contributed by atoms with van der Waals surface area (Å²) in [6.45, 7) is 1.38. The summed E-state index contributed by atoms with van der Waals surface area (Å²) in [6, 6.07) is 2.22. The average molecular weight is 413 g/mol. The van der Waals surface area contributed by atoms with Gasteiger partial charge in [0, 0.05) is 6.04 Å². The maximum absolute atomic E-state index is 12.3. The van der Waals surface area contributed by atoms with Crippen molar-refractivity contribution >= 4 is 29.5 Å². The summed E-state index contributed by atoms with van der Waals surface area (Å²) < 4.78 is 15.4. The van der Waals surface area contributed by atoms with Gasteiger partial charge in [-0.05, 0) is 31.9 Å². The number of halogens is 1. The van der Waals surface area contributed by atoms with Crippen LogP contribution >= 0.6 is 11.6 Å². The second kappa shape index (κ2) is 10.2.